The lowest BCUT2D eigenvalue weighted by molar-refractivity contribution is 0.140. The molecular weight excluding hydrogens is 236 g/mol. The Kier molecular flexibility index (Phi) is 5.83. The van der Waals surface area contributed by atoms with E-state index in [2.05, 4.69) is 40.5 Å². The summed E-state index contributed by atoms with van der Waals surface area (Å²) in [5, 5.41) is 13.1. The van der Waals surface area contributed by atoms with E-state index in [9.17, 15) is 5.11 Å². The molecule has 0 aromatic heterocycles. The van der Waals surface area contributed by atoms with Crippen LogP contribution in [0, 0.1) is 0 Å². The lowest BCUT2D eigenvalue weighted by atomic mass is 10.0. The quantitative estimate of drug-likeness (QED) is 0.823. The second-order valence-electron chi connectivity index (χ2n) is 5.53. The molecule has 1 saturated heterocycles. The summed E-state index contributed by atoms with van der Waals surface area (Å²) in [4.78, 5) is 2.51. The number of aliphatic hydroxyl groups is 1. The van der Waals surface area contributed by atoms with Gasteiger partial charge >= 0.3 is 0 Å². The number of hydrogen-bond donors (Lipinski definition) is 2. The fraction of sp³-hybridized carbons (Fsp3) is 0.625. The predicted octanol–water partition coefficient (Wildman–Crippen LogP) is 2.01. The topological polar surface area (TPSA) is 35.5 Å². The summed E-state index contributed by atoms with van der Waals surface area (Å²) < 4.78 is 0. The Morgan fingerprint density at radius 1 is 1.37 bits per heavy atom. The summed E-state index contributed by atoms with van der Waals surface area (Å²) in [6.07, 6.45) is 3.09. The largest absolute Gasteiger partial charge is 0.392 e. The number of nitrogens with one attached hydrogen (secondary N) is 1. The molecule has 3 heteroatoms. The monoisotopic (exact) mass is 262 g/mol. The van der Waals surface area contributed by atoms with Crippen LogP contribution in [-0.4, -0.2) is 41.8 Å². The maximum atomic E-state index is 9.61. The summed E-state index contributed by atoms with van der Waals surface area (Å²) in [5.74, 6) is 0. The van der Waals surface area contributed by atoms with Gasteiger partial charge in [0.2, 0.25) is 0 Å². The number of aliphatic hydroxyl groups excluding tert-OH is 1. The third-order valence-corrected chi connectivity index (χ3v) is 3.87. The van der Waals surface area contributed by atoms with E-state index in [1.54, 1.807) is 0 Å². The first kappa shape index (κ1) is 14.5. The minimum Gasteiger partial charge on any atom is -0.392 e. The minimum absolute atomic E-state index is 0.204. The first-order valence-electron chi connectivity index (χ1n) is 7.45. The van der Waals surface area contributed by atoms with Crippen molar-refractivity contribution in [2.24, 2.45) is 0 Å². The van der Waals surface area contributed by atoms with E-state index in [4.69, 9.17) is 0 Å². The van der Waals surface area contributed by atoms with Crippen LogP contribution in [-0.2, 0) is 6.54 Å². The van der Waals surface area contributed by atoms with Gasteiger partial charge in [-0.2, -0.15) is 0 Å². The predicted molar refractivity (Wildman–Crippen MR) is 79.0 cm³/mol. The minimum atomic E-state index is -0.204. The van der Waals surface area contributed by atoms with Crippen molar-refractivity contribution in [2.45, 2.75) is 44.9 Å². The van der Waals surface area contributed by atoms with Gasteiger partial charge in [-0.1, -0.05) is 37.3 Å². The van der Waals surface area contributed by atoms with Gasteiger partial charge < -0.3 is 10.4 Å². The standard InChI is InChI=1S/C16H26N2O/c1-2-16(19)11-17-15-9-6-10-18(13-15)12-14-7-4-3-5-8-14/h3-5,7-8,15-17,19H,2,6,9-13H2,1H3. The fourth-order valence-corrected chi connectivity index (χ4v) is 2.65. The van der Waals surface area contributed by atoms with Gasteiger partial charge in [-0.05, 0) is 31.4 Å². The van der Waals surface area contributed by atoms with E-state index >= 15 is 0 Å². The van der Waals surface area contributed by atoms with E-state index in [-0.39, 0.29) is 6.10 Å². The highest BCUT2D eigenvalue weighted by Crippen LogP contribution is 2.13. The second kappa shape index (κ2) is 7.63. The molecule has 1 aliphatic rings. The molecule has 0 radical (unpaired) electrons. The zero-order valence-electron chi connectivity index (χ0n) is 11.9. The van der Waals surface area contributed by atoms with Crippen LogP contribution >= 0.6 is 0 Å². The summed E-state index contributed by atoms with van der Waals surface area (Å²) >= 11 is 0. The van der Waals surface area contributed by atoms with Crippen LogP contribution in [0.3, 0.4) is 0 Å². The number of benzene rings is 1. The molecule has 2 unspecified atom stereocenters. The molecule has 1 aromatic rings. The SMILES string of the molecule is CCC(O)CNC1CCCN(Cc2ccccc2)C1. The van der Waals surface area contributed by atoms with Crippen LogP contribution in [0.25, 0.3) is 0 Å². The number of hydrogen-bond acceptors (Lipinski definition) is 3. The molecule has 0 aliphatic carbocycles. The molecular formula is C16H26N2O. The molecule has 2 N–H and O–H groups in total. The number of likely N-dealkylation sites (tertiary alicyclic amines) is 1. The van der Waals surface area contributed by atoms with Crippen molar-refractivity contribution < 1.29 is 5.11 Å². The van der Waals surface area contributed by atoms with E-state index in [0.717, 1.165) is 26.1 Å². The average molecular weight is 262 g/mol. The molecule has 1 aromatic carbocycles. The van der Waals surface area contributed by atoms with E-state index in [0.29, 0.717) is 6.04 Å². The van der Waals surface area contributed by atoms with Gasteiger partial charge in [0, 0.05) is 25.7 Å². The van der Waals surface area contributed by atoms with Crippen LogP contribution in [0.1, 0.15) is 31.7 Å². The molecule has 0 bridgehead atoms. The average Bonchev–Trinajstić information content (AvgIpc) is 2.46. The van der Waals surface area contributed by atoms with Crippen molar-refractivity contribution in [3.05, 3.63) is 35.9 Å². The van der Waals surface area contributed by atoms with E-state index in [1.165, 1.54) is 24.9 Å². The Balaban J connectivity index is 1.77. The van der Waals surface area contributed by atoms with Gasteiger partial charge in [0.15, 0.2) is 0 Å². The van der Waals surface area contributed by atoms with Crippen LogP contribution in [0.5, 0.6) is 0 Å². The summed E-state index contributed by atoms with van der Waals surface area (Å²) in [5.41, 5.74) is 1.39. The van der Waals surface area contributed by atoms with Crippen LogP contribution < -0.4 is 5.32 Å². The maximum Gasteiger partial charge on any atom is 0.0662 e. The van der Waals surface area contributed by atoms with Crippen LogP contribution in [0.15, 0.2) is 30.3 Å². The van der Waals surface area contributed by atoms with E-state index in [1.807, 2.05) is 6.92 Å². The van der Waals surface area contributed by atoms with Gasteiger partial charge in [-0.3, -0.25) is 4.90 Å². The van der Waals surface area contributed by atoms with Crippen molar-refractivity contribution in [1.82, 2.24) is 10.2 Å². The zero-order chi connectivity index (χ0) is 13.5. The summed E-state index contributed by atoms with van der Waals surface area (Å²) in [7, 11) is 0. The van der Waals surface area contributed by atoms with Crippen molar-refractivity contribution in [3.63, 3.8) is 0 Å². The molecule has 0 saturated carbocycles. The Morgan fingerprint density at radius 3 is 2.89 bits per heavy atom. The lowest BCUT2D eigenvalue weighted by Crippen LogP contribution is -2.47. The van der Waals surface area contributed by atoms with E-state index < -0.39 is 0 Å². The second-order valence-corrected chi connectivity index (χ2v) is 5.53. The van der Waals surface area contributed by atoms with Crippen LogP contribution in [0.2, 0.25) is 0 Å². The number of nitrogens with zero attached hydrogens (tertiary/aromatic N) is 1. The molecule has 0 amide bonds. The zero-order valence-corrected chi connectivity index (χ0v) is 11.9. The Bertz CT molecular complexity index is 355. The summed E-state index contributed by atoms with van der Waals surface area (Å²) in [6.45, 7) is 6.05. The Hall–Kier alpha value is -0.900. The number of piperidine rings is 1. The normalized spacial score (nSPS) is 22.3. The third kappa shape index (κ3) is 4.94. The maximum absolute atomic E-state index is 9.61. The first-order chi connectivity index (χ1) is 9.28. The molecule has 1 heterocycles. The van der Waals surface area contributed by atoms with Gasteiger partial charge in [-0.25, -0.2) is 0 Å². The molecule has 1 fully saturated rings. The molecule has 1 aliphatic heterocycles. The molecule has 2 rings (SSSR count). The molecule has 19 heavy (non-hydrogen) atoms. The number of rotatable bonds is 6. The Morgan fingerprint density at radius 2 is 2.16 bits per heavy atom. The lowest BCUT2D eigenvalue weighted by Gasteiger charge is -2.33. The fourth-order valence-electron chi connectivity index (χ4n) is 2.65. The van der Waals surface area contributed by atoms with Crippen molar-refractivity contribution >= 4 is 0 Å². The van der Waals surface area contributed by atoms with Crippen LogP contribution in [0.4, 0.5) is 0 Å². The highest BCUT2D eigenvalue weighted by Gasteiger charge is 2.19. The molecule has 3 nitrogen and oxygen atoms in total. The van der Waals surface area contributed by atoms with Gasteiger partial charge in [0.25, 0.3) is 0 Å². The highest BCUT2D eigenvalue weighted by molar-refractivity contribution is 5.14. The van der Waals surface area contributed by atoms with Gasteiger partial charge in [-0.15, -0.1) is 0 Å². The van der Waals surface area contributed by atoms with Crippen molar-refractivity contribution in [2.75, 3.05) is 19.6 Å². The third-order valence-electron chi connectivity index (χ3n) is 3.87. The first-order valence-corrected chi connectivity index (χ1v) is 7.45. The molecule has 0 spiro atoms. The Labute approximate surface area is 116 Å². The molecule has 106 valence electrons. The van der Waals surface area contributed by atoms with Gasteiger partial charge in [0.05, 0.1) is 6.10 Å². The smallest absolute Gasteiger partial charge is 0.0662 e. The highest BCUT2D eigenvalue weighted by atomic mass is 16.3. The summed E-state index contributed by atoms with van der Waals surface area (Å²) in [6, 6.07) is 11.2. The van der Waals surface area contributed by atoms with Crippen molar-refractivity contribution in [1.29, 1.82) is 0 Å². The van der Waals surface area contributed by atoms with Gasteiger partial charge in [0.1, 0.15) is 0 Å². The molecule has 2 atom stereocenters. The van der Waals surface area contributed by atoms with Crippen molar-refractivity contribution in [3.8, 4) is 0 Å².